The maximum Gasteiger partial charge on any atom is 0.253 e. The first kappa shape index (κ1) is 23.3. The Morgan fingerprint density at radius 3 is 2.76 bits per heavy atom. The Labute approximate surface area is 211 Å². The van der Waals surface area contributed by atoms with Gasteiger partial charge in [-0.05, 0) is 71.5 Å². The number of nitrogens with one attached hydrogen (secondary N) is 1. The molecule has 8 heteroatoms. The van der Waals surface area contributed by atoms with E-state index in [-0.39, 0.29) is 27.4 Å². The number of aryl methyl sites for hydroxylation is 2. The molecule has 1 aromatic carbocycles. The van der Waals surface area contributed by atoms with Gasteiger partial charge in [0.25, 0.3) is 5.91 Å². The Hall–Kier alpha value is -2.41. The van der Waals surface area contributed by atoms with Crippen molar-refractivity contribution < 1.29 is 9.18 Å². The van der Waals surface area contributed by atoms with E-state index >= 15 is 0 Å². The number of hydrogen-bond donors (Lipinski definition) is 1. The minimum atomic E-state index is -0.477. The molecule has 0 saturated carbocycles. The highest BCUT2D eigenvalue weighted by Crippen LogP contribution is 2.40. The third-order valence-electron chi connectivity index (χ3n) is 6.36. The molecule has 3 aromatic heterocycles. The monoisotopic (exact) mass is 515 g/mol. The van der Waals surface area contributed by atoms with Crippen LogP contribution in [0.15, 0.2) is 35.8 Å². The lowest BCUT2D eigenvalue weighted by molar-refractivity contribution is 0.0934. The van der Waals surface area contributed by atoms with Gasteiger partial charge in [0.05, 0.1) is 39.1 Å². The topological polar surface area (TPSA) is 46.4 Å². The molecule has 1 aliphatic rings. The summed E-state index contributed by atoms with van der Waals surface area (Å²) in [6, 6.07) is 6.63. The second kappa shape index (κ2) is 8.36. The highest BCUT2D eigenvalue weighted by molar-refractivity contribution is 7.10. The van der Waals surface area contributed by atoms with E-state index < -0.39 is 5.82 Å². The number of nitrogens with zero attached hydrogens (tertiary/aromatic N) is 2. The zero-order valence-electron chi connectivity index (χ0n) is 19.3. The average molecular weight is 516 g/mol. The minimum Gasteiger partial charge on any atom is -0.345 e. The number of aromatic nitrogens is 2. The number of benzene rings is 1. The van der Waals surface area contributed by atoms with Crippen molar-refractivity contribution in [3.05, 3.63) is 78.8 Å². The van der Waals surface area contributed by atoms with Crippen LogP contribution in [0.4, 0.5) is 4.39 Å². The van der Waals surface area contributed by atoms with Crippen molar-refractivity contribution in [3.63, 3.8) is 0 Å². The van der Waals surface area contributed by atoms with Crippen LogP contribution in [0, 0.1) is 12.7 Å². The van der Waals surface area contributed by atoms with Gasteiger partial charge >= 0.3 is 0 Å². The van der Waals surface area contributed by atoms with Crippen LogP contribution >= 0.6 is 34.5 Å². The van der Waals surface area contributed by atoms with Crippen LogP contribution in [0.5, 0.6) is 0 Å². The van der Waals surface area contributed by atoms with Crippen LogP contribution in [0.2, 0.25) is 10.0 Å². The summed E-state index contributed by atoms with van der Waals surface area (Å²) < 4.78 is 16.0. The van der Waals surface area contributed by atoms with Crippen molar-refractivity contribution in [1.29, 1.82) is 0 Å². The van der Waals surface area contributed by atoms with Gasteiger partial charge in [-0.1, -0.05) is 44.0 Å². The van der Waals surface area contributed by atoms with Crippen molar-refractivity contribution in [2.24, 2.45) is 0 Å². The number of carbonyl (C=O) groups excluding carboxylic acids is 1. The Kier molecular flexibility index (Phi) is 5.74. The number of amides is 1. The van der Waals surface area contributed by atoms with Crippen LogP contribution in [-0.4, -0.2) is 15.5 Å². The fourth-order valence-electron chi connectivity index (χ4n) is 4.93. The van der Waals surface area contributed by atoms with E-state index in [2.05, 4.69) is 42.6 Å². The molecule has 0 bridgehead atoms. The smallest absolute Gasteiger partial charge is 0.253 e. The molecule has 5 rings (SSSR count). The summed E-state index contributed by atoms with van der Waals surface area (Å²) in [6.45, 7) is 8.13. The third-order valence-corrected chi connectivity index (χ3v) is 8.16. The first-order chi connectivity index (χ1) is 16.1. The van der Waals surface area contributed by atoms with Gasteiger partial charge in [-0.25, -0.2) is 8.91 Å². The molecular formula is C26H24Cl2FN3OS. The molecular weight excluding hydrogens is 492 g/mol. The minimum absolute atomic E-state index is 0.00937. The van der Waals surface area contributed by atoms with E-state index in [1.54, 1.807) is 22.0 Å². The first-order valence-electron chi connectivity index (χ1n) is 11.1. The summed E-state index contributed by atoms with van der Waals surface area (Å²) in [5.41, 5.74) is 5.02. The maximum atomic E-state index is 14.2. The van der Waals surface area contributed by atoms with Gasteiger partial charge in [0.2, 0.25) is 0 Å². The second-order valence-electron chi connectivity index (χ2n) is 9.77. The number of carbonyl (C=O) groups is 1. The van der Waals surface area contributed by atoms with Crippen molar-refractivity contribution in [2.75, 3.05) is 0 Å². The molecule has 1 atom stereocenters. The molecule has 4 aromatic rings. The van der Waals surface area contributed by atoms with Crippen molar-refractivity contribution in [1.82, 2.24) is 14.9 Å². The first-order valence-corrected chi connectivity index (χ1v) is 12.7. The van der Waals surface area contributed by atoms with Gasteiger partial charge in [0, 0.05) is 10.4 Å². The lowest BCUT2D eigenvalue weighted by Crippen LogP contribution is -2.30. The van der Waals surface area contributed by atoms with Gasteiger partial charge < -0.3 is 5.32 Å². The summed E-state index contributed by atoms with van der Waals surface area (Å²) in [5.74, 6) is -0.619. The number of halogens is 3. The Bertz CT molecular complexity index is 1450. The van der Waals surface area contributed by atoms with Crippen LogP contribution in [0.3, 0.4) is 0 Å². The summed E-state index contributed by atoms with van der Waals surface area (Å²) in [5, 5.41) is 10.3. The van der Waals surface area contributed by atoms with Crippen LogP contribution in [0.25, 0.3) is 16.8 Å². The van der Waals surface area contributed by atoms with Gasteiger partial charge in [-0.3, -0.25) is 4.79 Å². The average Bonchev–Trinajstić information content (AvgIpc) is 3.44. The lowest BCUT2D eigenvalue weighted by atomic mass is 9.83. The van der Waals surface area contributed by atoms with Crippen molar-refractivity contribution in [2.45, 2.75) is 52.0 Å². The molecule has 1 aliphatic carbocycles. The lowest BCUT2D eigenvalue weighted by Gasteiger charge is -2.24. The van der Waals surface area contributed by atoms with E-state index in [4.69, 9.17) is 23.2 Å². The molecule has 0 saturated heterocycles. The Morgan fingerprint density at radius 1 is 1.26 bits per heavy atom. The molecule has 0 fully saturated rings. The van der Waals surface area contributed by atoms with Gasteiger partial charge in [0.15, 0.2) is 0 Å². The van der Waals surface area contributed by atoms with Crippen molar-refractivity contribution in [3.8, 4) is 11.3 Å². The summed E-state index contributed by atoms with van der Waals surface area (Å²) >= 11 is 14.4. The molecule has 1 N–H and O–H groups in total. The van der Waals surface area contributed by atoms with Crippen LogP contribution in [-0.2, 0) is 11.8 Å². The number of fused-ring (bicyclic) bond motifs is 2. The number of hydrogen-bond acceptors (Lipinski definition) is 3. The second-order valence-corrected chi connectivity index (χ2v) is 11.6. The fraction of sp³-hybridized carbons (Fsp3) is 0.308. The Balaban J connectivity index is 1.65. The van der Waals surface area contributed by atoms with Gasteiger partial charge in [-0.15, -0.1) is 11.3 Å². The molecule has 0 radical (unpaired) electrons. The zero-order valence-corrected chi connectivity index (χ0v) is 21.6. The number of thiophene rings is 1. The largest absolute Gasteiger partial charge is 0.345 e. The van der Waals surface area contributed by atoms with Gasteiger partial charge in [0.1, 0.15) is 5.82 Å². The zero-order chi connectivity index (χ0) is 24.4. The van der Waals surface area contributed by atoms with E-state index in [1.165, 1.54) is 22.6 Å². The molecule has 1 amide bonds. The molecule has 3 heterocycles. The SMILES string of the molecule is Cc1cc2c(C(C)(C)C)c(C(=O)N[C@H]3CCc4sccc43)cnn2c1-c1cc(F)cc(Cl)c1Cl. The quantitative estimate of drug-likeness (QED) is 0.286. The Morgan fingerprint density at radius 2 is 2.03 bits per heavy atom. The van der Waals surface area contributed by atoms with E-state index in [1.807, 2.05) is 13.0 Å². The molecule has 0 aliphatic heterocycles. The predicted octanol–water partition coefficient (Wildman–Crippen LogP) is 7.53. The normalized spacial score (nSPS) is 15.7. The standard InChI is InChI=1S/C26H24Cl2FN3OS/c1-13-9-20-22(26(2,3)4)17(25(33)31-19-5-6-21-15(19)7-8-34-21)12-30-32(20)24(13)16-10-14(29)11-18(27)23(16)28/h7-12,19H,5-6H2,1-4H3,(H,31,33)/t19-/m0/s1. The third kappa shape index (κ3) is 3.82. The number of rotatable bonds is 3. The summed E-state index contributed by atoms with van der Waals surface area (Å²) in [6.07, 6.45) is 3.49. The summed E-state index contributed by atoms with van der Waals surface area (Å²) in [7, 11) is 0. The highest BCUT2D eigenvalue weighted by Gasteiger charge is 2.31. The van der Waals surface area contributed by atoms with Crippen molar-refractivity contribution >= 4 is 46.0 Å². The van der Waals surface area contributed by atoms with E-state index in [0.29, 0.717) is 16.8 Å². The molecule has 176 valence electrons. The van der Waals surface area contributed by atoms with E-state index in [0.717, 1.165) is 29.5 Å². The van der Waals surface area contributed by atoms with Crippen LogP contribution < -0.4 is 5.32 Å². The van der Waals surface area contributed by atoms with Crippen LogP contribution in [0.1, 0.15) is 65.2 Å². The fourth-order valence-corrected chi connectivity index (χ4v) is 6.30. The predicted molar refractivity (Wildman–Crippen MR) is 137 cm³/mol. The maximum absolute atomic E-state index is 14.2. The highest BCUT2D eigenvalue weighted by atomic mass is 35.5. The molecule has 34 heavy (non-hydrogen) atoms. The molecule has 0 spiro atoms. The molecule has 0 unspecified atom stereocenters. The molecule has 4 nitrogen and oxygen atoms in total. The van der Waals surface area contributed by atoms with Gasteiger partial charge in [-0.2, -0.15) is 5.10 Å². The summed E-state index contributed by atoms with van der Waals surface area (Å²) in [4.78, 5) is 14.8. The van der Waals surface area contributed by atoms with E-state index in [9.17, 15) is 9.18 Å².